The van der Waals surface area contributed by atoms with E-state index in [0.717, 1.165) is 44.4 Å². The van der Waals surface area contributed by atoms with Gasteiger partial charge in [-0.15, -0.1) is 0 Å². The van der Waals surface area contributed by atoms with Crippen LogP contribution >= 0.6 is 0 Å². The third kappa shape index (κ3) is 4.29. The highest BCUT2D eigenvalue weighted by atomic mass is 16.5. The molecule has 0 bridgehead atoms. The Kier molecular flexibility index (Phi) is 6.52. The van der Waals surface area contributed by atoms with Crippen LogP contribution in [0.5, 0.6) is 5.75 Å². The van der Waals surface area contributed by atoms with Crippen LogP contribution in [-0.4, -0.2) is 59.8 Å². The predicted molar refractivity (Wildman–Crippen MR) is 97.3 cm³/mol. The van der Waals surface area contributed by atoms with Crippen LogP contribution in [0.1, 0.15) is 44.6 Å². The Labute approximate surface area is 146 Å². The highest BCUT2D eigenvalue weighted by Crippen LogP contribution is 2.29. The summed E-state index contributed by atoms with van der Waals surface area (Å²) >= 11 is 0. The zero-order valence-electron chi connectivity index (χ0n) is 15.0. The van der Waals surface area contributed by atoms with E-state index >= 15 is 0 Å². The molecule has 0 aromatic heterocycles. The monoisotopic (exact) mass is 332 g/mol. The molecule has 1 unspecified atom stereocenters. The Morgan fingerprint density at radius 2 is 1.96 bits per heavy atom. The first-order valence-electron chi connectivity index (χ1n) is 9.61. The topological polar surface area (TPSA) is 35.9 Å². The normalized spacial score (nSPS) is 23.7. The van der Waals surface area contributed by atoms with E-state index in [9.17, 15) is 5.11 Å². The minimum Gasteiger partial charge on any atom is -0.494 e. The van der Waals surface area contributed by atoms with E-state index < -0.39 is 0 Å². The van der Waals surface area contributed by atoms with Crippen LogP contribution in [0.2, 0.25) is 0 Å². The van der Waals surface area contributed by atoms with Crippen LogP contribution in [0.25, 0.3) is 0 Å². The summed E-state index contributed by atoms with van der Waals surface area (Å²) in [5, 5.41) is 9.50. The molecule has 1 atom stereocenters. The van der Waals surface area contributed by atoms with Crippen molar-refractivity contribution in [2.24, 2.45) is 0 Å². The van der Waals surface area contributed by atoms with Crippen LogP contribution < -0.4 is 4.74 Å². The van der Waals surface area contributed by atoms with Gasteiger partial charge < -0.3 is 9.84 Å². The molecule has 1 N–H and O–H groups in total. The van der Waals surface area contributed by atoms with Gasteiger partial charge in [0.05, 0.1) is 6.61 Å². The van der Waals surface area contributed by atoms with E-state index in [4.69, 9.17) is 4.74 Å². The Hall–Kier alpha value is -1.10. The minimum atomic E-state index is 0.289. The van der Waals surface area contributed by atoms with Crippen molar-refractivity contribution in [3.8, 4) is 5.75 Å². The summed E-state index contributed by atoms with van der Waals surface area (Å²) in [6, 6.07) is 9.62. The lowest BCUT2D eigenvalue weighted by molar-refractivity contribution is 0.0264. The van der Waals surface area contributed by atoms with Crippen LogP contribution in [-0.2, 0) is 6.54 Å². The molecule has 1 heterocycles. The van der Waals surface area contributed by atoms with Gasteiger partial charge in [-0.3, -0.25) is 9.80 Å². The average Bonchev–Trinajstić information content (AvgIpc) is 3.12. The van der Waals surface area contributed by atoms with E-state index in [1.54, 1.807) is 0 Å². The second kappa shape index (κ2) is 8.84. The number of piperazine rings is 1. The van der Waals surface area contributed by atoms with Gasteiger partial charge in [-0.1, -0.05) is 31.0 Å². The second-order valence-electron chi connectivity index (χ2n) is 7.12. The zero-order valence-corrected chi connectivity index (χ0v) is 15.0. The van der Waals surface area contributed by atoms with Crippen LogP contribution in [0.15, 0.2) is 24.3 Å². The third-order valence-corrected chi connectivity index (χ3v) is 5.53. The van der Waals surface area contributed by atoms with Crippen molar-refractivity contribution in [1.29, 1.82) is 0 Å². The SMILES string of the molecule is CCOc1ccccc1CN1CCN(C2CCCC2)C(CCO)C1. The van der Waals surface area contributed by atoms with Crippen molar-refractivity contribution in [3.05, 3.63) is 29.8 Å². The van der Waals surface area contributed by atoms with Gasteiger partial charge in [-0.05, 0) is 32.3 Å². The molecule has 0 spiro atoms. The smallest absolute Gasteiger partial charge is 0.123 e. The Balaban J connectivity index is 1.64. The summed E-state index contributed by atoms with van der Waals surface area (Å²) in [6.07, 6.45) is 6.32. The van der Waals surface area contributed by atoms with Crippen LogP contribution in [0.4, 0.5) is 0 Å². The number of nitrogens with zero attached hydrogens (tertiary/aromatic N) is 2. The summed E-state index contributed by atoms with van der Waals surface area (Å²) in [5.41, 5.74) is 1.27. The lowest BCUT2D eigenvalue weighted by Gasteiger charge is -2.44. The van der Waals surface area contributed by atoms with Gasteiger partial charge in [-0.2, -0.15) is 0 Å². The number of rotatable bonds is 7. The van der Waals surface area contributed by atoms with Crippen LogP contribution in [0, 0.1) is 0 Å². The zero-order chi connectivity index (χ0) is 16.8. The van der Waals surface area contributed by atoms with Gasteiger partial charge in [0.25, 0.3) is 0 Å². The van der Waals surface area contributed by atoms with Crippen LogP contribution in [0.3, 0.4) is 0 Å². The molecule has 3 rings (SSSR count). The molecule has 134 valence electrons. The van der Waals surface area contributed by atoms with Gasteiger partial charge in [0.2, 0.25) is 0 Å². The maximum Gasteiger partial charge on any atom is 0.123 e. The van der Waals surface area contributed by atoms with Crippen molar-refractivity contribution in [3.63, 3.8) is 0 Å². The summed E-state index contributed by atoms with van der Waals surface area (Å²) in [7, 11) is 0. The van der Waals surface area contributed by atoms with Crippen molar-refractivity contribution in [1.82, 2.24) is 9.80 Å². The molecule has 2 aliphatic rings. The van der Waals surface area contributed by atoms with Gasteiger partial charge in [0.15, 0.2) is 0 Å². The first-order valence-corrected chi connectivity index (χ1v) is 9.61. The molecule has 1 aromatic carbocycles. The molecule has 1 aliphatic carbocycles. The first-order chi connectivity index (χ1) is 11.8. The Morgan fingerprint density at radius 3 is 2.71 bits per heavy atom. The molecule has 2 fully saturated rings. The van der Waals surface area contributed by atoms with E-state index in [1.807, 2.05) is 13.0 Å². The molecule has 0 radical (unpaired) electrons. The molecule has 24 heavy (non-hydrogen) atoms. The van der Waals surface area contributed by atoms with Gasteiger partial charge in [0, 0.05) is 50.4 Å². The van der Waals surface area contributed by atoms with Crippen molar-refractivity contribution >= 4 is 0 Å². The Bertz CT molecular complexity index is 502. The summed E-state index contributed by atoms with van der Waals surface area (Å²) in [6.45, 7) is 7.27. The maximum atomic E-state index is 9.50. The molecule has 4 heteroatoms. The van der Waals surface area contributed by atoms with Crippen molar-refractivity contribution in [2.75, 3.05) is 32.8 Å². The summed E-state index contributed by atoms with van der Waals surface area (Å²) in [5.74, 6) is 1.01. The maximum absolute atomic E-state index is 9.50. The fourth-order valence-electron chi connectivity index (χ4n) is 4.37. The number of ether oxygens (including phenoxy) is 1. The summed E-state index contributed by atoms with van der Waals surface area (Å²) in [4.78, 5) is 5.22. The Morgan fingerprint density at radius 1 is 1.17 bits per heavy atom. The van der Waals surface area contributed by atoms with E-state index in [0.29, 0.717) is 12.6 Å². The number of aliphatic hydroxyl groups is 1. The van der Waals surface area contributed by atoms with Crippen molar-refractivity contribution in [2.45, 2.75) is 57.7 Å². The van der Waals surface area contributed by atoms with Gasteiger partial charge in [0.1, 0.15) is 5.75 Å². The largest absolute Gasteiger partial charge is 0.494 e. The lowest BCUT2D eigenvalue weighted by atomic mass is 10.0. The quantitative estimate of drug-likeness (QED) is 0.833. The van der Waals surface area contributed by atoms with E-state index in [2.05, 4.69) is 28.0 Å². The number of para-hydroxylation sites is 1. The molecule has 1 aromatic rings. The lowest BCUT2D eigenvalue weighted by Crippen LogP contribution is -2.56. The van der Waals surface area contributed by atoms with Gasteiger partial charge in [-0.25, -0.2) is 0 Å². The third-order valence-electron chi connectivity index (χ3n) is 5.53. The summed E-state index contributed by atoms with van der Waals surface area (Å²) < 4.78 is 5.78. The molecule has 1 saturated carbocycles. The predicted octanol–water partition coefficient (Wildman–Crippen LogP) is 2.90. The molecule has 1 aliphatic heterocycles. The molecule has 0 amide bonds. The highest BCUT2D eigenvalue weighted by Gasteiger charge is 2.33. The minimum absolute atomic E-state index is 0.289. The fourth-order valence-corrected chi connectivity index (χ4v) is 4.37. The fraction of sp³-hybridized carbons (Fsp3) is 0.700. The molecular weight excluding hydrogens is 300 g/mol. The number of aliphatic hydroxyl groups excluding tert-OH is 1. The first kappa shape index (κ1) is 17.7. The molecule has 1 saturated heterocycles. The number of hydrogen-bond donors (Lipinski definition) is 1. The number of benzene rings is 1. The van der Waals surface area contributed by atoms with Crippen molar-refractivity contribution < 1.29 is 9.84 Å². The second-order valence-corrected chi connectivity index (χ2v) is 7.12. The van der Waals surface area contributed by atoms with E-state index in [1.165, 1.54) is 31.2 Å². The standard InChI is InChI=1S/C20H32N2O2/c1-2-24-20-10-6-3-7-17(20)15-21-12-13-22(18-8-4-5-9-18)19(16-21)11-14-23/h3,6-7,10,18-19,23H,2,4-5,8-9,11-16H2,1H3. The van der Waals surface area contributed by atoms with Gasteiger partial charge >= 0.3 is 0 Å². The van der Waals surface area contributed by atoms with E-state index in [-0.39, 0.29) is 6.61 Å². The molecule has 4 nitrogen and oxygen atoms in total. The average molecular weight is 332 g/mol. The molecular formula is C20H32N2O2. The number of hydrogen-bond acceptors (Lipinski definition) is 4. The highest BCUT2D eigenvalue weighted by molar-refractivity contribution is 5.33.